The predicted octanol–water partition coefficient (Wildman–Crippen LogP) is 2.28. The Morgan fingerprint density at radius 3 is 2.46 bits per heavy atom. The zero-order valence-electron chi connectivity index (χ0n) is 22.9. The van der Waals surface area contributed by atoms with Gasteiger partial charge in [-0.25, -0.2) is 4.79 Å². The van der Waals surface area contributed by atoms with Gasteiger partial charge in [0.25, 0.3) is 0 Å². The molecule has 0 radical (unpaired) electrons. The maximum Gasteiger partial charge on any atom is 0.332 e. The molecule has 210 valence electrons. The second-order valence-electron chi connectivity index (χ2n) is 13.5. The number of allylic oxidation sites excluding steroid dienone is 1. The topological polar surface area (TPSA) is 145 Å². The predicted molar refractivity (Wildman–Crippen MR) is 136 cm³/mol. The number of aliphatic hydroxyl groups excluding tert-OH is 3. The number of ketones is 1. The molecular formula is C29H46O8. The van der Waals surface area contributed by atoms with Crippen LogP contribution in [0.25, 0.3) is 0 Å². The van der Waals surface area contributed by atoms with E-state index in [-0.39, 0.29) is 35.9 Å². The van der Waals surface area contributed by atoms with E-state index in [0.29, 0.717) is 32.1 Å². The zero-order chi connectivity index (χ0) is 27.6. The summed E-state index contributed by atoms with van der Waals surface area (Å²) >= 11 is 0. The molecule has 1 unspecified atom stereocenters. The Labute approximate surface area is 220 Å². The van der Waals surface area contributed by atoms with Crippen LogP contribution >= 0.6 is 0 Å². The maximum absolute atomic E-state index is 13.3. The lowest BCUT2D eigenvalue weighted by atomic mass is 9.46. The van der Waals surface area contributed by atoms with Gasteiger partial charge in [0, 0.05) is 11.3 Å². The normalized spacial score (nSPS) is 43.2. The highest BCUT2D eigenvalue weighted by molar-refractivity contribution is 5.95. The van der Waals surface area contributed by atoms with Crippen LogP contribution in [0, 0.1) is 34.5 Å². The molecule has 0 aromatic heterocycles. The summed E-state index contributed by atoms with van der Waals surface area (Å²) in [4.78, 5) is 25.4. The van der Waals surface area contributed by atoms with Crippen LogP contribution in [0.2, 0.25) is 0 Å². The van der Waals surface area contributed by atoms with Crippen LogP contribution in [0.1, 0.15) is 86.0 Å². The molecular weight excluding hydrogens is 476 g/mol. The third-order valence-electron chi connectivity index (χ3n) is 10.9. The number of rotatable bonds is 7. The van der Waals surface area contributed by atoms with Crippen molar-refractivity contribution in [2.75, 3.05) is 6.61 Å². The summed E-state index contributed by atoms with van der Waals surface area (Å²) in [5.41, 5.74) is -2.43. The first-order valence-electron chi connectivity index (χ1n) is 13.9. The molecule has 5 N–H and O–H groups in total. The number of hydrogen-bond donors (Lipinski definition) is 5. The fourth-order valence-electron chi connectivity index (χ4n) is 8.64. The first kappa shape index (κ1) is 28.7. The SMILES string of the molecule is C[C@H](C(CCC(C)(C)O)OC(=O)CO)[C@H]1CC[C@@]2(O)C3=CC(=O)[C@@H]4C[C@@H](O)[C@@H](O)C[C@]4(C)[C@H]3CC[C@]12C. The van der Waals surface area contributed by atoms with Crippen molar-refractivity contribution in [1.29, 1.82) is 0 Å². The fourth-order valence-corrected chi connectivity index (χ4v) is 8.64. The quantitative estimate of drug-likeness (QED) is 0.320. The molecule has 0 heterocycles. The Kier molecular flexibility index (Phi) is 7.52. The molecule has 4 rings (SSSR count). The van der Waals surface area contributed by atoms with Crippen molar-refractivity contribution in [2.45, 2.75) is 115 Å². The second-order valence-corrected chi connectivity index (χ2v) is 13.5. The van der Waals surface area contributed by atoms with Crippen molar-refractivity contribution in [3.63, 3.8) is 0 Å². The first-order chi connectivity index (χ1) is 17.1. The average Bonchev–Trinajstić information content (AvgIpc) is 3.09. The van der Waals surface area contributed by atoms with Crippen molar-refractivity contribution in [3.05, 3.63) is 11.6 Å². The van der Waals surface area contributed by atoms with Crippen molar-refractivity contribution < 1.29 is 39.9 Å². The highest BCUT2D eigenvalue weighted by Gasteiger charge is 2.67. The Morgan fingerprint density at radius 1 is 1.16 bits per heavy atom. The van der Waals surface area contributed by atoms with Gasteiger partial charge in [-0.3, -0.25) is 4.79 Å². The molecule has 10 atom stereocenters. The van der Waals surface area contributed by atoms with Crippen molar-refractivity contribution >= 4 is 11.8 Å². The molecule has 8 nitrogen and oxygen atoms in total. The summed E-state index contributed by atoms with van der Waals surface area (Å²) in [5.74, 6) is -1.34. The number of fused-ring (bicyclic) bond motifs is 5. The number of hydrogen-bond acceptors (Lipinski definition) is 8. The highest BCUT2D eigenvalue weighted by atomic mass is 16.6. The van der Waals surface area contributed by atoms with Gasteiger partial charge in [-0.15, -0.1) is 0 Å². The Bertz CT molecular complexity index is 939. The van der Waals surface area contributed by atoms with Gasteiger partial charge in [-0.1, -0.05) is 20.8 Å². The minimum atomic E-state index is -1.19. The first-order valence-corrected chi connectivity index (χ1v) is 13.9. The molecule has 0 bridgehead atoms. The van der Waals surface area contributed by atoms with Crippen LogP contribution in [0.15, 0.2) is 11.6 Å². The third kappa shape index (κ3) is 4.71. The van der Waals surface area contributed by atoms with E-state index in [9.17, 15) is 35.1 Å². The van der Waals surface area contributed by atoms with Crippen LogP contribution in [0.4, 0.5) is 0 Å². The number of ether oxygens (including phenoxy) is 1. The third-order valence-corrected chi connectivity index (χ3v) is 10.9. The van der Waals surface area contributed by atoms with E-state index in [1.807, 2.05) is 13.8 Å². The average molecular weight is 523 g/mol. The minimum Gasteiger partial charge on any atom is -0.460 e. The van der Waals surface area contributed by atoms with E-state index < -0.39 is 52.9 Å². The van der Waals surface area contributed by atoms with Crippen molar-refractivity contribution in [1.82, 2.24) is 0 Å². The summed E-state index contributed by atoms with van der Waals surface area (Å²) in [5, 5.41) is 52.8. The van der Waals surface area contributed by atoms with E-state index in [4.69, 9.17) is 4.74 Å². The molecule has 0 amide bonds. The number of esters is 1. The van der Waals surface area contributed by atoms with E-state index in [0.717, 1.165) is 18.4 Å². The van der Waals surface area contributed by atoms with Crippen molar-refractivity contribution in [3.8, 4) is 0 Å². The molecule has 3 fully saturated rings. The lowest BCUT2D eigenvalue weighted by Crippen LogP contribution is -2.61. The number of carbonyl (C=O) groups is 2. The summed E-state index contributed by atoms with van der Waals surface area (Å²) in [6.07, 6.45) is 3.43. The van der Waals surface area contributed by atoms with Gasteiger partial charge in [0.2, 0.25) is 0 Å². The van der Waals surface area contributed by atoms with Gasteiger partial charge < -0.3 is 30.3 Å². The molecule has 0 aromatic rings. The van der Waals surface area contributed by atoms with Crippen LogP contribution < -0.4 is 0 Å². The molecule has 0 spiro atoms. The van der Waals surface area contributed by atoms with Gasteiger partial charge >= 0.3 is 5.97 Å². The lowest BCUT2D eigenvalue weighted by molar-refractivity contribution is -0.164. The van der Waals surface area contributed by atoms with Crippen LogP contribution in [-0.4, -0.2) is 73.4 Å². The van der Waals surface area contributed by atoms with E-state index in [1.54, 1.807) is 19.9 Å². The largest absolute Gasteiger partial charge is 0.460 e. The molecule has 4 aliphatic carbocycles. The van der Waals surface area contributed by atoms with Crippen LogP contribution in [0.5, 0.6) is 0 Å². The Balaban J connectivity index is 1.65. The molecule has 4 aliphatic rings. The van der Waals surface area contributed by atoms with Crippen molar-refractivity contribution in [2.24, 2.45) is 34.5 Å². The fraction of sp³-hybridized carbons (Fsp3) is 0.862. The minimum absolute atomic E-state index is 0.00273. The molecule has 0 aliphatic heterocycles. The Morgan fingerprint density at radius 2 is 1.84 bits per heavy atom. The molecule has 37 heavy (non-hydrogen) atoms. The highest BCUT2D eigenvalue weighted by Crippen LogP contribution is 2.68. The summed E-state index contributed by atoms with van der Waals surface area (Å²) in [7, 11) is 0. The summed E-state index contributed by atoms with van der Waals surface area (Å²) in [6, 6.07) is 0. The lowest BCUT2D eigenvalue weighted by Gasteiger charge is -2.60. The summed E-state index contributed by atoms with van der Waals surface area (Å²) < 4.78 is 5.66. The Hall–Kier alpha value is -1.32. The molecule has 0 aromatic carbocycles. The molecule has 3 saturated carbocycles. The number of aliphatic hydroxyl groups is 5. The molecule has 0 saturated heterocycles. The van der Waals surface area contributed by atoms with Gasteiger partial charge in [0.1, 0.15) is 12.7 Å². The van der Waals surface area contributed by atoms with Gasteiger partial charge in [0.05, 0.1) is 23.4 Å². The number of carbonyl (C=O) groups excluding carboxylic acids is 2. The zero-order valence-corrected chi connectivity index (χ0v) is 22.9. The van der Waals surface area contributed by atoms with Gasteiger partial charge in [-0.05, 0) is 100 Å². The van der Waals surface area contributed by atoms with E-state index in [2.05, 4.69) is 6.92 Å². The van der Waals surface area contributed by atoms with Crippen LogP contribution in [0.3, 0.4) is 0 Å². The smallest absolute Gasteiger partial charge is 0.332 e. The summed E-state index contributed by atoms with van der Waals surface area (Å²) in [6.45, 7) is 8.84. The van der Waals surface area contributed by atoms with E-state index in [1.165, 1.54) is 0 Å². The standard InChI is InChI=1S/C29H46O8/c1-16(24(37-25(34)15-30)8-9-26(2,3)35)17-7-11-29(36)19-12-21(31)20-13-22(32)23(33)14-27(20,4)18(19)6-10-28(17,29)5/h12,16-18,20,22-24,30,32-33,35-36H,6-11,13-15H2,1-5H3/t16-,17+,18-,20-,22+,23-,24?,27+,28+,29+/m0/s1. The maximum atomic E-state index is 13.3. The van der Waals surface area contributed by atoms with Crippen LogP contribution in [-0.2, 0) is 14.3 Å². The van der Waals surface area contributed by atoms with Gasteiger partial charge in [-0.2, -0.15) is 0 Å². The monoisotopic (exact) mass is 522 g/mol. The second kappa shape index (κ2) is 9.70. The van der Waals surface area contributed by atoms with Gasteiger partial charge in [0.15, 0.2) is 5.78 Å². The van der Waals surface area contributed by atoms with E-state index >= 15 is 0 Å². The molecule has 8 heteroatoms.